The molecule has 0 spiro atoms. The van der Waals surface area contributed by atoms with Crippen molar-refractivity contribution >= 4 is 5.78 Å². The van der Waals surface area contributed by atoms with Crippen LogP contribution in [-0.2, 0) is 0 Å². The summed E-state index contributed by atoms with van der Waals surface area (Å²) in [6.45, 7) is 8.96. The largest absolute Gasteiger partial charge is 0.493 e. The van der Waals surface area contributed by atoms with Crippen LogP contribution in [0.25, 0.3) is 0 Å². The molecule has 0 saturated carbocycles. The molecule has 0 heterocycles. The van der Waals surface area contributed by atoms with Gasteiger partial charge in [-0.25, -0.2) is 0 Å². The molecule has 1 aromatic carbocycles. The van der Waals surface area contributed by atoms with E-state index in [4.69, 9.17) is 4.74 Å². The van der Waals surface area contributed by atoms with Crippen LogP contribution in [-0.4, -0.2) is 12.4 Å². The molecule has 0 aliphatic carbocycles. The number of Topliss-reactive ketones (excluding diaryl/α,β-unsaturated/α-hetero) is 1. The van der Waals surface area contributed by atoms with Crippen molar-refractivity contribution in [2.24, 2.45) is 11.8 Å². The van der Waals surface area contributed by atoms with Crippen LogP contribution in [0.3, 0.4) is 0 Å². The van der Waals surface area contributed by atoms with E-state index in [0.717, 1.165) is 5.75 Å². The number of hydrogen-bond acceptors (Lipinski definition) is 2. The van der Waals surface area contributed by atoms with Crippen LogP contribution in [0, 0.1) is 11.8 Å². The summed E-state index contributed by atoms with van der Waals surface area (Å²) in [6, 6.07) is 7.50. The monoisotopic (exact) mass is 262 g/mol. The lowest BCUT2D eigenvalue weighted by atomic mass is 9.91. The van der Waals surface area contributed by atoms with Gasteiger partial charge >= 0.3 is 0 Å². The quantitative estimate of drug-likeness (QED) is 0.633. The van der Waals surface area contributed by atoms with Gasteiger partial charge in [0.25, 0.3) is 0 Å². The third-order valence-corrected chi connectivity index (χ3v) is 3.59. The minimum atomic E-state index is 0.0604. The van der Waals surface area contributed by atoms with Crippen molar-refractivity contribution in [3.8, 4) is 5.75 Å². The first-order chi connectivity index (χ1) is 9.06. The number of carbonyl (C=O) groups is 1. The summed E-state index contributed by atoms with van der Waals surface area (Å²) in [6.07, 6.45) is 3.64. The second-order valence-corrected chi connectivity index (χ2v) is 5.51. The molecule has 0 aliphatic rings. The zero-order valence-electron chi connectivity index (χ0n) is 12.6. The lowest BCUT2D eigenvalue weighted by Crippen LogP contribution is -2.18. The van der Waals surface area contributed by atoms with E-state index in [0.29, 0.717) is 24.0 Å². The number of ether oxygens (including phenoxy) is 1. The van der Waals surface area contributed by atoms with Crippen LogP contribution < -0.4 is 4.74 Å². The average Bonchev–Trinajstić information content (AvgIpc) is 2.38. The van der Waals surface area contributed by atoms with Crippen molar-refractivity contribution in [3.05, 3.63) is 29.8 Å². The third kappa shape index (κ3) is 5.06. The molecule has 1 atom stereocenters. The highest BCUT2D eigenvalue weighted by Gasteiger charge is 2.15. The summed E-state index contributed by atoms with van der Waals surface area (Å²) in [5.41, 5.74) is 0.681. The maximum Gasteiger partial charge on any atom is 0.163 e. The Morgan fingerprint density at radius 3 is 2.53 bits per heavy atom. The smallest absolute Gasteiger partial charge is 0.163 e. The van der Waals surface area contributed by atoms with E-state index in [9.17, 15) is 4.79 Å². The van der Waals surface area contributed by atoms with Crippen LogP contribution in [0.15, 0.2) is 24.3 Å². The summed E-state index contributed by atoms with van der Waals surface area (Å²) in [5, 5.41) is 0. The van der Waals surface area contributed by atoms with Crippen LogP contribution in [0.4, 0.5) is 0 Å². The van der Waals surface area contributed by atoms with Crippen molar-refractivity contribution in [2.45, 2.75) is 47.0 Å². The van der Waals surface area contributed by atoms with Crippen molar-refractivity contribution < 1.29 is 9.53 Å². The van der Waals surface area contributed by atoms with Crippen molar-refractivity contribution in [1.29, 1.82) is 0 Å². The predicted molar refractivity (Wildman–Crippen MR) is 79.8 cm³/mol. The lowest BCUT2D eigenvalue weighted by Gasteiger charge is -2.21. The molecule has 106 valence electrons. The standard InChI is InChI=1S/C17H26O2/c1-5-6-9-15(13(2)3)12-19-17-11-8-7-10-16(17)14(4)18/h7-8,10-11,13,15H,5-6,9,12H2,1-4H3/t15-/m0/s1. The normalized spacial score (nSPS) is 12.5. The van der Waals surface area contributed by atoms with Gasteiger partial charge in [0.05, 0.1) is 12.2 Å². The number of hydrogen-bond donors (Lipinski definition) is 0. The molecule has 0 aliphatic heterocycles. The van der Waals surface area contributed by atoms with Gasteiger partial charge in [0.1, 0.15) is 5.75 Å². The van der Waals surface area contributed by atoms with Crippen molar-refractivity contribution in [3.63, 3.8) is 0 Å². The zero-order valence-corrected chi connectivity index (χ0v) is 12.6. The van der Waals surface area contributed by atoms with Gasteiger partial charge in [-0.1, -0.05) is 45.7 Å². The lowest BCUT2D eigenvalue weighted by molar-refractivity contribution is 0.101. The Balaban J connectivity index is 2.66. The molecular formula is C17H26O2. The highest BCUT2D eigenvalue weighted by molar-refractivity contribution is 5.96. The van der Waals surface area contributed by atoms with E-state index in [1.807, 2.05) is 24.3 Å². The Labute approximate surface area is 117 Å². The Morgan fingerprint density at radius 1 is 1.26 bits per heavy atom. The average molecular weight is 262 g/mol. The van der Waals surface area contributed by atoms with Crippen LogP contribution in [0.2, 0.25) is 0 Å². The molecule has 0 N–H and O–H groups in total. The fourth-order valence-corrected chi connectivity index (χ4v) is 2.16. The highest BCUT2D eigenvalue weighted by Crippen LogP contribution is 2.23. The van der Waals surface area contributed by atoms with Gasteiger partial charge in [0.15, 0.2) is 5.78 Å². The molecule has 2 nitrogen and oxygen atoms in total. The van der Waals surface area contributed by atoms with Gasteiger partial charge < -0.3 is 4.74 Å². The maximum atomic E-state index is 11.5. The van der Waals surface area contributed by atoms with Crippen LogP contribution >= 0.6 is 0 Å². The van der Waals surface area contributed by atoms with Gasteiger partial charge in [-0.05, 0) is 37.3 Å². The summed E-state index contributed by atoms with van der Waals surface area (Å²) in [4.78, 5) is 11.5. The number of unbranched alkanes of at least 4 members (excludes halogenated alkanes) is 1. The highest BCUT2D eigenvalue weighted by atomic mass is 16.5. The predicted octanol–water partition coefficient (Wildman–Crippen LogP) is 4.73. The van der Waals surface area contributed by atoms with E-state index in [2.05, 4.69) is 20.8 Å². The minimum Gasteiger partial charge on any atom is -0.493 e. The van der Waals surface area contributed by atoms with E-state index in [1.54, 1.807) is 6.92 Å². The van der Waals surface area contributed by atoms with Gasteiger partial charge in [-0.3, -0.25) is 4.79 Å². The zero-order chi connectivity index (χ0) is 14.3. The van der Waals surface area contributed by atoms with E-state index in [1.165, 1.54) is 19.3 Å². The van der Waals surface area contributed by atoms with Gasteiger partial charge in [-0.15, -0.1) is 0 Å². The first kappa shape index (κ1) is 15.7. The molecule has 0 aromatic heterocycles. The number of benzene rings is 1. The van der Waals surface area contributed by atoms with Crippen LogP contribution in [0.1, 0.15) is 57.3 Å². The van der Waals surface area contributed by atoms with E-state index in [-0.39, 0.29) is 5.78 Å². The second-order valence-electron chi connectivity index (χ2n) is 5.51. The molecule has 0 amide bonds. The van der Waals surface area contributed by atoms with Crippen molar-refractivity contribution in [2.75, 3.05) is 6.61 Å². The molecule has 2 heteroatoms. The fraction of sp³-hybridized carbons (Fsp3) is 0.588. The number of ketones is 1. The van der Waals surface area contributed by atoms with E-state index >= 15 is 0 Å². The topological polar surface area (TPSA) is 26.3 Å². The molecule has 1 rings (SSSR count). The maximum absolute atomic E-state index is 11.5. The Hall–Kier alpha value is -1.31. The van der Waals surface area contributed by atoms with Gasteiger partial charge in [-0.2, -0.15) is 0 Å². The summed E-state index contributed by atoms with van der Waals surface area (Å²) >= 11 is 0. The Bertz CT molecular complexity index is 396. The SMILES string of the molecule is CCCC[C@@H](COc1ccccc1C(C)=O)C(C)C. The molecule has 0 bridgehead atoms. The Kier molecular flexibility index (Phi) is 6.61. The molecule has 0 unspecified atom stereocenters. The molecule has 0 saturated heterocycles. The third-order valence-electron chi connectivity index (χ3n) is 3.59. The van der Waals surface area contributed by atoms with Gasteiger partial charge in [0.2, 0.25) is 0 Å². The first-order valence-corrected chi connectivity index (χ1v) is 7.29. The minimum absolute atomic E-state index is 0.0604. The Morgan fingerprint density at radius 2 is 1.95 bits per heavy atom. The van der Waals surface area contributed by atoms with E-state index < -0.39 is 0 Å². The van der Waals surface area contributed by atoms with Crippen molar-refractivity contribution in [1.82, 2.24) is 0 Å². The first-order valence-electron chi connectivity index (χ1n) is 7.29. The molecule has 0 radical (unpaired) electrons. The molecular weight excluding hydrogens is 236 g/mol. The molecule has 0 fully saturated rings. The fourth-order valence-electron chi connectivity index (χ4n) is 2.16. The summed E-state index contributed by atoms with van der Waals surface area (Å²) in [7, 11) is 0. The van der Waals surface area contributed by atoms with Gasteiger partial charge in [0, 0.05) is 0 Å². The second kappa shape index (κ2) is 7.98. The van der Waals surface area contributed by atoms with Crippen LogP contribution in [0.5, 0.6) is 5.75 Å². The molecule has 1 aromatic rings. The number of carbonyl (C=O) groups excluding carboxylic acids is 1. The number of rotatable bonds is 8. The number of para-hydroxylation sites is 1. The summed E-state index contributed by atoms with van der Waals surface area (Å²) in [5.74, 6) is 1.94. The summed E-state index contributed by atoms with van der Waals surface area (Å²) < 4.78 is 5.90. The molecule has 19 heavy (non-hydrogen) atoms.